The van der Waals surface area contributed by atoms with Crippen LogP contribution in [0, 0.1) is 5.92 Å². The molecule has 30 heavy (non-hydrogen) atoms. The second kappa shape index (κ2) is 8.61. The first-order valence-electron chi connectivity index (χ1n) is 9.80. The van der Waals surface area contributed by atoms with Gasteiger partial charge in [-0.05, 0) is 41.7 Å². The number of nitrogens with one attached hydrogen (secondary N) is 2. The molecule has 1 fully saturated rings. The summed E-state index contributed by atoms with van der Waals surface area (Å²) in [6.45, 7) is 0.349. The fraction of sp³-hybridized carbons (Fsp3) is 0.318. The van der Waals surface area contributed by atoms with Gasteiger partial charge in [0.25, 0.3) is 0 Å². The van der Waals surface area contributed by atoms with Crippen molar-refractivity contribution < 1.29 is 13.2 Å². The summed E-state index contributed by atoms with van der Waals surface area (Å²) in [6.07, 6.45) is 2.70. The molecule has 2 N–H and O–H groups in total. The summed E-state index contributed by atoms with van der Waals surface area (Å²) in [5, 5.41) is 5.14. The molecule has 4 rings (SSSR count). The van der Waals surface area contributed by atoms with Gasteiger partial charge in [0.05, 0.1) is 11.5 Å². The monoisotopic (exact) mass is 464 g/mol. The lowest BCUT2D eigenvalue weighted by molar-refractivity contribution is -0.121. The van der Waals surface area contributed by atoms with Crippen molar-refractivity contribution in [2.24, 2.45) is 5.92 Å². The lowest BCUT2D eigenvalue weighted by Crippen LogP contribution is -2.30. The van der Waals surface area contributed by atoms with Gasteiger partial charge in [-0.3, -0.25) is 4.79 Å². The zero-order valence-electron chi connectivity index (χ0n) is 16.2. The van der Waals surface area contributed by atoms with Crippen molar-refractivity contribution in [3.63, 3.8) is 0 Å². The fourth-order valence-electron chi connectivity index (χ4n) is 4.14. The first-order chi connectivity index (χ1) is 14.3. The molecule has 2 heterocycles. The molecule has 0 saturated carbocycles. The van der Waals surface area contributed by atoms with Crippen molar-refractivity contribution in [3.8, 4) is 0 Å². The topological polar surface area (TPSA) is 79.0 Å². The molecule has 1 aromatic heterocycles. The minimum absolute atomic E-state index is 0.0926. The van der Waals surface area contributed by atoms with Crippen LogP contribution in [-0.2, 0) is 14.6 Å². The predicted octanol–water partition coefficient (Wildman–Crippen LogP) is 4.55. The lowest BCUT2D eigenvalue weighted by Gasteiger charge is -2.20. The summed E-state index contributed by atoms with van der Waals surface area (Å²) in [4.78, 5) is 15.8. The van der Waals surface area contributed by atoms with Crippen LogP contribution >= 0.6 is 23.2 Å². The number of para-hydroxylation sites is 1. The van der Waals surface area contributed by atoms with Gasteiger partial charge in [-0.1, -0.05) is 47.5 Å². The van der Waals surface area contributed by atoms with Crippen molar-refractivity contribution in [1.29, 1.82) is 0 Å². The summed E-state index contributed by atoms with van der Waals surface area (Å²) in [6, 6.07) is 13.3. The molecule has 1 aliphatic heterocycles. The molecule has 1 aliphatic rings. The largest absolute Gasteiger partial charge is 0.361 e. The first-order valence-corrected chi connectivity index (χ1v) is 12.4. The number of benzene rings is 2. The number of sulfone groups is 1. The van der Waals surface area contributed by atoms with Crippen LogP contribution in [0.25, 0.3) is 10.9 Å². The average molecular weight is 465 g/mol. The fourth-order valence-corrected chi connectivity index (χ4v) is 6.54. The Labute approximate surface area is 185 Å². The van der Waals surface area contributed by atoms with E-state index in [-0.39, 0.29) is 35.7 Å². The van der Waals surface area contributed by atoms with Gasteiger partial charge < -0.3 is 10.3 Å². The van der Waals surface area contributed by atoms with Crippen LogP contribution in [0.2, 0.25) is 10.0 Å². The minimum Gasteiger partial charge on any atom is -0.361 e. The van der Waals surface area contributed by atoms with Gasteiger partial charge in [-0.25, -0.2) is 8.42 Å². The third-order valence-corrected chi connectivity index (χ3v) is 8.04. The molecule has 0 spiro atoms. The number of aromatic amines is 1. The molecule has 5 nitrogen and oxygen atoms in total. The number of amides is 1. The van der Waals surface area contributed by atoms with Gasteiger partial charge in [0.15, 0.2) is 9.84 Å². The number of carbonyl (C=O) groups excluding carboxylic acids is 1. The van der Waals surface area contributed by atoms with Crippen LogP contribution in [0.5, 0.6) is 0 Å². The first kappa shape index (κ1) is 21.2. The predicted molar refractivity (Wildman–Crippen MR) is 121 cm³/mol. The van der Waals surface area contributed by atoms with E-state index in [2.05, 4.69) is 10.3 Å². The highest BCUT2D eigenvalue weighted by Gasteiger charge is 2.30. The highest BCUT2D eigenvalue weighted by molar-refractivity contribution is 7.91. The zero-order valence-corrected chi connectivity index (χ0v) is 18.5. The molecule has 158 valence electrons. The molecular formula is C22H22Cl2N2O3S. The van der Waals surface area contributed by atoms with Crippen LogP contribution in [0.4, 0.5) is 0 Å². The van der Waals surface area contributed by atoms with Crippen LogP contribution < -0.4 is 5.32 Å². The SMILES string of the molecule is O=C(CC1CCS(=O)(=O)C1)NCC(c1ccc(Cl)cc1Cl)c1c[nH]c2ccccc12. The second-order valence-corrected chi connectivity index (χ2v) is 10.9. The Kier molecular flexibility index (Phi) is 6.09. The van der Waals surface area contributed by atoms with Crippen LogP contribution in [-0.4, -0.2) is 37.4 Å². The van der Waals surface area contributed by atoms with Gasteiger partial charge in [0.2, 0.25) is 5.91 Å². The summed E-state index contributed by atoms with van der Waals surface area (Å²) in [7, 11) is -3.00. The summed E-state index contributed by atoms with van der Waals surface area (Å²) >= 11 is 12.6. The second-order valence-electron chi connectivity index (χ2n) is 7.79. The number of H-pyrrole nitrogens is 1. The van der Waals surface area contributed by atoms with Crippen molar-refractivity contribution in [1.82, 2.24) is 10.3 Å². The van der Waals surface area contributed by atoms with E-state index in [1.807, 2.05) is 36.5 Å². The molecule has 0 radical (unpaired) electrons. The molecule has 2 aromatic carbocycles. The molecule has 8 heteroatoms. The van der Waals surface area contributed by atoms with Gasteiger partial charge in [-0.2, -0.15) is 0 Å². The Morgan fingerprint density at radius 1 is 1.17 bits per heavy atom. The Hall–Kier alpha value is -2.02. The minimum atomic E-state index is -3.00. The molecule has 0 aliphatic carbocycles. The molecule has 1 saturated heterocycles. The maximum Gasteiger partial charge on any atom is 0.220 e. The third-order valence-electron chi connectivity index (χ3n) is 5.64. The van der Waals surface area contributed by atoms with Crippen molar-refractivity contribution in [3.05, 3.63) is 69.8 Å². The van der Waals surface area contributed by atoms with Crippen molar-refractivity contribution in [2.45, 2.75) is 18.8 Å². The zero-order chi connectivity index (χ0) is 21.3. The standard InChI is InChI=1S/C22H22Cl2N2O3S/c23-15-5-6-16(20(24)10-15)18(19-11-25-21-4-2-1-3-17(19)21)12-26-22(27)9-14-7-8-30(28,29)13-14/h1-6,10-11,14,18,25H,7-9,12-13H2,(H,26,27). The van der Waals surface area contributed by atoms with Crippen LogP contribution in [0.1, 0.15) is 29.9 Å². The van der Waals surface area contributed by atoms with Crippen LogP contribution in [0.15, 0.2) is 48.7 Å². The molecule has 1 amide bonds. The summed E-state index contributed by atoms with van der Waals surface area (Å²) in [5.41, 5.74) is 2.90. The van der Waals surface area contributed by atoms with E-state index in [4.69, 9.17) is 23.2 Å². The van der Waals surface area contributed by atoms with Crippen LogP contribution in [0.3, 0.4) is 0 Å². The van der Waals surface area contributed by atoms with E-state index < -0.39 is 9.84 Å². The molecule has 2 unspecified atom stereocenters. The maximum absolute atomic E-state index is 12.6. The third kappa shape index (κ3) is 4.66. The molecule has 2 atom stereocenters. The van der Waals surface area contributed by atoms with E-state index in [0.717, 1.165) is 22.0 Å². The number of halogens is 2. The molecular weight excluding hydrogens is 443 g/mol. The Balaban J connectivity index is 1.57. The van der Waals surface area contributed by atoms with E-state index >= 15 is 0 Å². The molecule has 0 bridgehead atoms. The van der Waals surface area contributed by atoms with Gasteiger partial charge in [0, 0.05) is 46.0 Å². The van der Waals surface area contributed by atoms with Gasteiger partial charge >= 0.3 is 0 Å². The highest BCUT2D eigenvalue weighted by Crippen LogP contribution is 2.35. The van der Waals surface area contributed by atoms with E-state index in [0.29, 0.717) is 23.0 Å². The van der Waals surface area contributed by atoms with Crippen molar-refractivity contribution in [2.75, 3.05) is 18.1 Å². The highest BCUT2D eigenvalue weighted by atomic mass is 35.5. The summed E-state index contributed by atoms with van der Waals surface area (Å²) < 4.78 is 23.3. The number of carbonyl (C=O) groups is 1. The smallest absolute Gasteiger partial charge is 0.220 e. The number of hydrogen-bond acceptors (Lipinski definition) is 3. The molecule has 3 aromatic rings. The van der Waals surface area contributed by atoms with E-state index in [1.54, 1.807) is 12.1 Å². The normalized spacial score (nSPS) is 19.1. The van der Waals surface area contributed by atoms with E-state index in [9.17, 15) is 13.2 Å². The Morgan fingerprint density at radius 3 is 2.70 bits per heavy atom. The number of rotatable bonds is 6. The number of fused-ring (bicyclic) bond motifs is 1. The van der Waals surface area contributed by atoms with Gasteiger partial charge in [-0.15, -0.1) is 0 Å². The number of hydrogen-bond donors (Lipinski definition) is 2. The quantitative estimate of drug-likeness (QED) is 0.561. The number of aromatic nitrogens is 1. The van der Waals surface area contributed by atoms with E-state index in [1.165, 1.54) is 0 Å². The maximum atomic E-state index is 12.6. The lowest BCUT2D eigenvalue weighted by atomic mass is 9.90. The van der Waals surface area contributed by atoms with Crippen molar-refractivity contribution >= 4 is 49.8 Å². The Bertz CT molecular complexity index is 1190. The average Bonchev–Trinajstić information content (AvgIpc) is 3.26. The van der Waals surface area contributed by atoms with Gasteiger partial charge in [0.1, 0.15) is 0 Å². The Morgan fingerprint density at radius 2 is 1.97 bits per heavy atom. The summed E-state index contributed by atoms with van der Waals surface area (Å²) in [5.74, 6) is -0.173.